The summed E-state index contributed by atoms with van der Waals surface area (Å²) < 4.78 is 5.38. The fourth-order valence-electron chi connectivity index (χ4n) is 3.86. The highest BCUT2D eigenvalue weighted by molar-refractivity contribution is 5.92. The smallest absolute Gasteiger partial charge is 0.338 e. The van der Waals surface area contributed by atoms with Gasteiger partial charge in [-0.15, -0.1) is 0 Å². The van der Waals surface area contributed by atoms with E-state index in [2.05, 4.69) is 66.8 Å². The van der Waals surface area contributed by atoms with Crippen LogP contribution in [-0.4, -0.2) is 24.5 Å². The fraction of sp³-hybridized carbons (Fsp3) is 0.680. The van der Waals surface area contributed by atoms with Crippen molar-refractivity contribution in [1.82, 2.24) is 5.32 Å². The van der Waals surface area contributed by atoms with E-state index < -0.39 is 5.97 Å². The van der Waals surface area contributed by atoms with E-state index in [0.717, 1.165) is 24.0 Å². The molecule has 1 aliphatic carbocycles. The number of hydrogen-bond donors (Lipinski definition) is 1. The lowest BCUT2D eigenvalue weighted by atomic mass is 9.78. The Morgan fingerprint density at radius 1 is 0.966 bits per heavy atom. The Morgan fingerprint density at radius 2 is 1.52 bits per heavy atom. The zero-order valence-electron chi connectivity index (χ0n) is 19.5. The molecule has 162 valence electrons. The van der Waals surface area contributed by atoms with Crippen LogP contribution in [0.15, 0.2) is 18.2 Å². The van der Waals surface area contributed by atoms with E-state index >= 15 is 0 Å². The summed E-state index contributed by atoms with van der Waals surface area (Å²) in [7, 11) is 0. The van der Waals surface area contributed by atoms with Crippen molar-refractivity contribution in [3.63, 3.8) is 0 Å². The molecule has 2 rings (SSSR count). The highest BCUT2D eigenvalue weighted by Gasteiger charge is 2.28. The average Bonchev–Trinajstić information content (AvgIpc) is 2.61. The van der Waals surface area contributed by atoms with Gasteiger partial charge in [-0.2, -0.15) is 0 Å². The summed E-state index contributed by atoms with van der Waals surface area (Å²) >= 11 is 0. The van der Waals surface area contributed by atoms with Gasteiger partial charge in [-0.3, -0.25) is 4.79 Å². The quantitative estimate of drug-likeness (QED) is 0.689. The van der Waals surface area contributed by atoms with E-state index in [-0.39, 0.29) is 29.4 Å². The number of carbonyl (C=O) groups is 2. The first-order valence-electron chi connectivity index (χ1n) is 10.9. The molecular formula is C25H39NO3. The Labute approximate surface area is 176 Å². The lowest BCUT2D eigenvalue weighted by Gasteiger charge is -2.34. The summed E-state index contributed by atoms with van der Waals surface area (Å²) in [5.41, 5.74) is 2.52. The summed E-state index contributed by atoms with van der Waals surface area (Å²) in [4.78, 5) is 25.1. The van der Waals surface area contributed by atoms with Crippen molar-refractivity contribution >= 4 is 11.9 Å². The number of benzene rings is 1. The van der Waals surface area contributed by atoms with Crippen LogP contribution in [0.4, 0.5) is 0 Å². The number of amides is 1. The Hall–Kier alpha value is -1.84. The van der Waals surface area contributed by atoms with E-state index in [0.29, 0.717) is 17.4 Å². The standard InChI is InChI=1S/C25H39NO3/c1-16-10-9-11-21(17(16)2)26-22(27)15-29-23(28)18-12-19(24(3,4)5)14-20(13-18)25(6,7)8/h12-14,16-17,21H,9-11,15H2,1-8H3,(H,26,27)/t16-,17-,21+/m1/s1. The van der Waals surface area contributed by atoms with Gasteiger partial charge in [0.15, 0.2) is 6.61 Å². The Balaban J connectivity index is 2.07. The molecule has 1 N–H and O–H groups in total. The molecule has 0 unspecified atom stereocenters. The van der Waals surface area contributed by atoms with Crippen LogP contribution in [0, 0.1) is 11.8 Å². The van der Waals surface area contributed by atoms with Crippen LogP contribution in [-0.2, 0) is 20.4 Å². The van der Waals surface area contributed by atoms with Crippen molar-refractivity contribution in [3.8, 4) is 0 Å². The molecule has 1 fully saturated rings. The lowest BCUT2D eigenvalue weighted by molar-refractivity contribution is -0.125. The first-order valence-corrected chi connectivity index (χ1v) is 10.9. The second kappa shape index (κ2) is 8.89. The molecule has 0 radical (unpaired) electrons. The van der Waals surface area contributed by atoms with Gasteiger partial charge in [0, 0.05) is 6.04 Å². The molecule has 0 spiro atoms. The van der Waals surface area contributed by atoms with Crippen LogP contribution in [0.2, 0.25) is 0 Å². The molecule has 1 amide bonds. The van der Waals surface area contributed by atoms with Crippen molar-refractivity contribution in [1.29, 1.82) is 0 Å². The monoisotopic (exact) mass is 401 g/mol. The molecule has 0 saturated heterocycles. The molecule has 29 heavy (non-hydrogen) atoms. The molecule has 1 aliphatic rings. The number of esters is 1. The zero-order chi connectivity index (χ0) is 22.0. The van der Waals surface area contributed by atoms with E-state index in [1.54, 1.807) is 0 Å². The van der Waals surface area contributed by atoms with Crippen molar-refractivity contribution in [3.05, 3.63) is 34.9 Å². The predicted octanol–water partition coefficient (Wildman–Crippen LogP) is 5.38. The summed E-state index contributed by atoms with van der Waals surface area (Å²) in [6.45, 7) is 17.0. The van der Waals surface area contributed by atoms with Gasteiger partial charge in [0.2, 0.25) is 0 Å². The number of carbonyl (C=O) groups excluding carboxylic acids is 2. The van der Waals surface area contributed by atoms with Crippen molar-refractivity contribution in [2.75, 3.05) is 6.61 Å². The second-order valence-corrected chi connectivity index (χ2v) is 10.8. The average molecular weight is 402 g/mol. The molecule has 0 aliphatic heterocycles. The third kappa shape index (κ3) is 6.32. The molecule has 1 saturated carbocycles. The van der Waals surface area contributed by atoms with Crippen LogP contribution in [0.5, 0.6) is 0 Å². The molecule has 0 aromatic heterocycles. The normalized spacial score (nSPS) is 22.8. The number of ether oxygens (including phenoxy) is 1. The van der Waals surface area contributed by atoms with E-state index in [1.165, 1.54) is 6.42 Å². The minimum absolute atomic E-state index is 0.0819. The maximum Gasteiger partial charge on any atom is 0.338 e. The van der Waals surface area contributed by atoms with Crippen molar-refractivity contribution in [2.24, 2.45) is 11.8 Å². The van der Waals surface area contributed by atoms with Gasteiger partial charge in [-0.1, -0.05) is 74.3 Å². The minimum atomic E-state index is -0.443. The summed E-state index contributed by atoms with van der Waals surface area (Å²) in [5, 5.41) is 3.06. The number of nitrogens with one attached hydrogen (secondary N) is 1. The molecule has 0 bridgehead atoms. The van der Waals surface area contributed by atoms with Crippen molar-refractivity contribution in [2.45, 2.75) is 91.5 Å². The molecule has 3 atom stereocenters. The summed E-state index contributed by atoms with van der Waals surface area (Å²) in [5.74, 6) is 0.392. The fourth-order valence-corrected chi connectivity index (χ4v) is 3.86. The second-order valence-electron chi connectivity index (χ2n) is 10.8. The van der Waals surface area contributed by atoms with Crippen LogP contribution < -0.4 is 5.32 Å². The van der Waals surface area contributed by atoms with Gasteiger partial charge in [0.1, 0.15) is 0 Å². The topological polar surface area (TPSA) is 55.4 Å². The van der Waals surface area contributed by atoms with Gasteiger partial charge < -0.3 is 10.1 Å². The zero-order valence-corrected chi connectivity index (χ0v) is 19.5. The minimum Gasteiger partial charge on any atom is -0.452 e. The number of rotatable bonds is 4. The van der Waals surface area contributed by atoms with Gasteiger partial charge >= 0.3 is 5.97 Å². The first-order chi connectivity index (χ1) is 13.3. The molecule has 1 aromatic rings. The Bertz CT molecular complexity index is 707. The Kier molecular flexibility index (Phi) is 7.19. The van der Waals surface area contributed by atoms with Gasteiger partial charge in [0.05, 0.1) is 5.56 Å². The molecule has 0 heterocycles. The van der Waals surface area contributed by atoms with Gasteiger partial charge in [-0.25, -0.2) is 4.79 Å². The molecule has 4 heteroatoms. The maximum absolute atomic E-state index is 12.7. The third-order valence-corrected chi connectivity index (χ3v) is 6.29. The van der Waals surface area contributed by atoms with E-state index in [9.17, 15) is 9.59 Å². The highest BCUT2D eigenvalue weighted by Crippen LogP contribution is 2.31. The molecular weight excluding hydrogens is 362 g/mol. The largest absolute Gasteiger partial charge is 0.452 e. The maximum atomic E-state index is 12.7. The van der Waals surface area contributed by atoms with Gasteiger partial charge in [0.25, 0.3) is 5.91 Å². The van der Waals surface area contributed by atoms with E-state index in [4.69, 9.17) is 4.74 Å². The van der Waals surface area contributed by atoms with Crippen LogP contribution in [0.1, 0.15) is 96.1 Å². The summed E-state index contributed by atoms with van der Waals surface area (Å²) in [6, 6.07) is 6.11. The molecule has 4 nitrogen and oxygen atoms in total. The third-order valence-electron chi connectivity index (χ3n) is 6.29. The summed E-state index contributed by atoms with van der Waals surface area (Å²) in [6.07, 6.45) is 3.34. The Morgan fingerprint density at radius 3 is 2.03 bits per heavy atom. The van der Waals surface area contributed by atoms with Gasteiger partial charge in [-0.05, 0) is 52.3 Å². The highest BCUT2D eigenvalue weighted by atomic mass is 16.5. The predicted molar refractivity (Wildman–Crippen MR) is 118 cm³/mol. The molecule has 1 aromatic carbocycles. The van der Waals surface area contributed by atoms with Crippen LogP contribution in [0.3, 0.4) is 0 Å². The van der Waals surface area contributed by atoms with Crippen molar-refractivity contribution < 1.29 is 14.3 Å². The SMILES string of the molecule is C[C@@H]1[C@H](C)CCC[C@@H]1NC(=O)COC(=O)c1cc(C(C)(C)C)cc(C(C)(C)C)c1. The van der Waals surface area contributed by atoms with E-state index in [1.807, 2.05) is 12.1 Å². The van der Waals surface area contributed by atoms with Crippen LogP contribution in [0.25, 0.3) is 0 Å². The lowest BCUT2D eigenvalue weighted by Crippen LogP contribution is -2.45. The number of hydrogen-bond acceptors (Lipinski definition) is 3. The van der Waals surface area contributed by atoms with Crippen LogP contribution >= 0.6 is 0 Å². The first kappa shape index (κ1) is 23.4.